The van der Waals surface area contributed by atoms with E-state index in [2.05, 4.69) is 27.2 Å². The van der Waals surface area contributed by atoms with Crippen LogP contribution in [0.1, 0.15) is 17.5 Å². The quantitative estimate of drug-likeness (QED) is 0.422. The molecule has 1 N–H and O–H groups in total. The monoisotopic (exact) mass is 239 g/mol. The lowest BCUT2D eigenvalue weighted by molar-refractivity contribution is 0.318. The van der Waals surface area contributed by atoms with E-state index in [0.29, 0.717) is 0 Å². The van der Waals surface area contributed by atoms with Gasteiger partial charge in [-0.05, 0) is 18.4 Å². The maximum atomic E-state index is 8.87. The summed E-state index contributed by atoms with van der Waals surface area (Å²) in [7, 11) is 0. The summed E-state index contributed by atoms with van der Waals surface area (Å²) in [6, 6.07) is 8.06. The van der Waals surface area contributed by atoms with Crippen molar-refractivity contribution in [2.75, 3.05) is 0 Å². The molecule has 0 saturated heterocycles. The Bertz CT molecular complexity index is 349. The van der Waals surface area contributed by atoms with Crippen LogP contribution in [0.15, 0.2) is 29.4 Å². The van der Waals surface area contributed by atoms with Crippen LogP contribution in [-0.2, 0) is 6.42 Å². The van der Waals surface area contributed by atoms with Crippen molar-refractivity contribution in [3.8, 4) is 0 Å². The van der Waals surface area contributed by atoms with Crippen LogP contribution in [0, 0.1) is 0 Å². The molecule has 1 atom stereocenters. The predicted octanol–water partition coefficient (Wildman–Crippen LogP) is 2.57. The molecule has 1 aliphatic carbocycles. The zero-order valence-electron chi connectivity index (χ0n) is 7.07. The largest absolute Gasteiger partial charge is 0.411 e. The van der Waals surface area contributed by atoms with Gasteiger partial charge in [0.1, 0.15) is 5.71 Å². The van der Waals surface area contributed by atoms with Crippen LogP contribution in [0.4, 0.5) is 0 Å². The molecule has 2 nitrogen and oxygen atoms in total. The number of hydrogen-bond donors (Lipinski definition) is 1. The molecule has 0 saturated carbocycles. The second-order valence-corrected chi connectivity index (χ2v) is 4.25. The fourth-order valence-electron chi connectivity index (χ4n) is 1.69. The highest BCUT2D eigenvalue weighted by Crippen LogP contribution is 2.25. The van der Waals surface area contributed by atoms with Gasteiger partial charge in [-0.3, -0.25) is 0 Å². The standard InChI is InChI=1S/C10H10BrNO/c11-9-6-5-7-3-1-2-4-8(7)10(9)12-13/h1-4,9,13H,5-6H2. The van der Waals surface area contributed by atoms with Crippen molar-refractivity contribution < 1.29 is 5.21 Å². The fraction of sp³-hybridized carbons (Fsp3) is 0.300. The van der Waals surface area contributed by atoms with E-state index in [9.17, 15) is 0 Å². The lowest BCUT2D eigenvalue weighted by Gasteiger charge is -2.20. The van der Waals surface area contributed by atoms with Crippen LogP contribution in [-0.4, -0.2) is 15.7 Å². The average molecular weight is 240 g/mol. The maximum absolute atomic E-state index is 8.87. The number of oxime groups is 1. The third-order valence-corrected chi connectivity index (χ3v) is 3.26. The van der Waals surface area contributed by atoms with Gasteiger partial charge in [0.2, 0.25) is 0 Å². The van der Waals surface area contributed by atoms with E-state index in [1.807, 2.05) is 18.2 Å². The zero-order valence-corrected chi connectivity index (χ0v) is 8.66. The highest BCUT2D eigenvalue weighted by atomic mass is 79.9. The zero-order chi connectivity index (χ0) is 9.26. The van der Waals surface area contributed by atoms with Crippen LogP contribution in [0.3, 0.4) is 0 Å². The average Bonchev–Trinajstić information content (AvgIpc) is 2.18. The van der Waals surface area contributed by atoms with Crippen LogP contribution in [0.2, 0.25) is 0 Å². The maximum Gasteiger partial charge on any atom is 0.101 e. The molecule has 0 aromatic heterocycles. The fourth-order valence-corrected chi connectivity index (χ4v) is 2.26. The second-order valence-electron chi connectivity index (χ2n) is 3.15. The lowest BCUT2D eigenvalue weighted by Crippen LogP contribution is -2.23. The molecule has 13 heavy (non-hydrogen) atoms. The summed E-state index contributed by atoms with van der Waals surface area (Å²) < 4.78 is 0. The van der Waals surface area contributed by atoms with Crippen LogP contribution < -0.4 is 0 Å². The van der Waals surface area contributed by atoms with Crippen molar-refractivity contribution in [3.63, 3.8) is 0 Å². The van der Waals surface area contributed by atoms with Crippen molar-refractivity contribution in [2.45, 2.75) is 17.7 Å². The summed E-state index contributed by atoms with van der Waals surface area (Å²) in [4.78, 5) is 0.187. The molecule has 1 aromatic rings. The van der Waals surface area contributed by atoms with Crippen LogP contribution in [0.5, 0.6) is 0 Å². The Balaban J connectivity index is 2.52. The summed E-state index contributed by atoms with van der Waals surface area (Å²) in [6.45, 7) is 0. The number of rotatable bonds is 0. The van der Waals surface area contributed by atoms with Crippen molar-refractivity contribution in [3.05, 3.63) is 35.4 Å². The van der Waals surface area contributed by atoms with Crippen LogP contribution in [0.25, 0.3) is 0 Å². The summed E-state index contributed by atoms with van der Waals surface area (Å²) in [5.74, 6) is 0. The molecule has 1 unspecified atom stereocenters. The van der Waals surface area contributed by atoms with Gasteiger partial charge in [-0.2, -0.15) is 0 Å². The Hall–Kier alpha value is -0.830. The molecule has 2 rings (SSSR count). The van der Waals surface area contributed by atoms with E-state index < -0.39 is 0 Å². The molecule has 0 spiro atoms. The third-order valence-electron chi connectivity index (χ3n) is 2.36. The van der Waals surface area contributed by atoms with Gasteiger partial charge in [-0.25, -0.2) is 0 Å². The first-order valence-corrected chi connectivity index (χ1v) is 5.19. The molecule has 0 radical (unpaired) electrons. The van der Waals surface area contributed by atoms with Crippen LogP contribution >= 0.6 is 15.9 Å². The number of benzene rings is 1. The Labute approximate surface area is 85.4 Å². The minimum atomic E-state index is 0.187. The van der Waals surface area contributed by atoms with Gasteiger partial charge in [-0.1, -0.05) is 45.4 Å². The molecule has 0 fully saturated rings. The summed E-state index contributed by atoms with van der Waals surface area (Å²) >= 11 is 3.49. The van der Waals surface area contributed by atoms with Crippen molar-refractivity contribution in [1.82, 2.24) is 0 Å². The molecule has 0 heterocycles. The molecule has 1 aromatic carbocycles. The first kappa shape index (κ1) is 8.75. The van der Waals surface area contributed by atoms with Crippen molar-refractivity contribution in [1.29, 1.82) is 0 Å². The SMILES string of the molecule is ON=C1c2ccccc2CCC1Br. The first-order chi connectivity index (χ1) is 6.33. The highest BCUT2D eigenvalue weighted by Gasteiger charge is 2.23. The van der Waals surface area contributed by atoms with Gasteiger partial charge in [0, 0.05) is 5.56 Å². The summed E-state index contributed by atoms with van der Waals surface area (Å²) in [5, 5.41) is 12.2. The Morgan fingerprint density at radius 2 is 2.15 bits per heavy atom. The first-order valence-electron chi connectivity index (χ1n) is 4.27. The second kappa shape index (κ2) is 3.50. The number of aryl methyl sites for hydroxylation is 1. The molecule has 0 bridgehead atoms. The molecular formula is C10H10BrNO. The third kappa shape index (κ3) is 1.48. The smallest absolute Gasteiger partial charge is 0.101 e. The predicted molar refractivity (Wildman–Crippen MR) is 55.8 cm³/mol. The number of hydrogen-bond acceptors (Lipinski definition) is 2. The molecule has 3 heteroatoms. The molecule has 68 valence electrons. The number of nitrogens with zero attached hydrogens (tertiary/aromatic N) is 1. The van der Waals surface area contributed by atoms with E-state index in [1.165, 1.54) is 5.56 Å². The van der Waals surface area contributed by atoms with E-state index in [1.54, 1.807) is 0 Å². The van der Waals surface area contributed by atoms with Gasteiger partial charge in [0.15, 0.2) is 0 Å². The number of halogens is 1. The highest BCUT2D eigenvalue weighted by molar-refractivity contribution is 9.10. The number of fused-ring (bicyclic) bond motifs is 1. The minimum Gasteiger partial charge on any atom is -0.411 e. The molecule has 0 amide bonds. The van der Waals surface area contributed by atoms with Gasteiger partial charge in [0.25, 0.3) is 0 Å². The van der Waals surface area contributed by atoms with E-state index in [-0.39, 0.29) is 4.83 Å². The molecular weight excluding hydrogens is 230 g/mol. The summed E-state index contributed by atoms with van der Waals surface area (Å²) in [5.41, 5.74) is 3.09. The van der Waals surface area contributed by atoms with Gasteiger partial charge in [-0.15, -0.1) is 0 Å². The topological polar surface area (TPSA) is 32.6 Å². The lowest BCUT2D eigenvalue weighted by atomic mass is 9.90. The van der Waals surface area contributed by atoms with E-state index in [4.69, 9.17) is 5.21 Å². The Kier molecular flexibility index (Phi) is 2.36. The summed E-state index contributed by atoms with van der Waals surface area (Å²) in [6.07, 6.45) is 2.04. The Morgan fingerprint density at radius 3 is 2.92 bits per heavy atom. The van der Waals surface area contributed by atoms with Gasteiger partial charge >= 0.3 is 0 Å². The molecule has 0 aliphatic heterocycles. The minimum absolute atomic E-state index is 0.187. The number of alkyl halides is 1. The molecule has 1 aliphatic rings. The van der Waals surface area contributed by atoms with Crippen molar-refractivity contribution >= 4 is 21.6 Å². The van der Waals surface area contributed by atoms with Gasteiger partial charge in [0.05, 0.1) is 4.83 Å². The van der Waals surface area contributed by atoms with Gasteiger partial charge < -0.3 is 5.21 Å². The normalized spacial score (nSPS) is 24.4. The van der Waals surface area contributed by atoms with E-state index in [0.717, 1.165) is 24.1 Å². The van der Waals surface area contributed by atoms with Crippen molar-refractivity contribution in [2.24, 2.45) is 5.16 Å². The van der Waals surface area contributed by atoms with E-state index >= 15 is 0 Å². The Morgan fingerprint density at radius 1 is 1.38 bits per heavy atom.